The van der Waals surface area contributed by atoms with Crippen molar-refractivity contribution in [3.63, 3.8) is 0 Å². The van der Waals surface area contributed by atoms with E-state index in [2.05, 4.69) is 4.98 Å². The Morgan fingerprint density at radius 2 is 2.25 bits per heavy atom. The SMILES string of the molecule is Cc1nc(CC(O)CN)oc1C. The number of aromatic nitrogens is 1. The lowest BCUT2D eigenvalue weighted by atomic mass is 10.2. The monoisotopic (exact) mass is 170 g/mol. The second-order valence-electron chi connectivity index (χ2n) is 2.84. The van der Waals surface area contributed by atoms with Crippen LogP contribution in [0.4, 0.5) is 0 Å². The molecule has 1 heterocycles. The van der Waals surface area contributed by atoms with E-state index in [0.717, 1.165) is 11.5 Å². The van der Waals surface area contributed by atoms with Crippen LogP contribution in [0.3, 0.4) is 0 Å². The fourth-order valence-corrected chi connectivity index (χ4v) is 0.911. The predicted molar refractivity (Wildman–Crippen MR) is 44.7 cm³/mol. The summed E-state index contributed by atoms with van der Waals surface area (Å²) in [5, 5.41) is 9.19. The molecule has 68 valence electrons. The number of rotatable bonds is 3. The third kappa shape index (κ3) is 2.06. The fraction of sp³-hybridized carbons (Fsp3) is 0.625. The number of hydrogen-bond acceptors (Lipinski definition) is 4. The standard InChI is InChI=1S/C8H14N2O2/c1-5-6(2)12-8(10-5)3-7(11)4-9/h7,11H,3-4,9H2,1-2H3. The maximum Gasteiger partial charge on any atom is 0.197 e. The summed E-state index contributed by atoms with van der Waals surface area (Å²) in [6.07, 6.45) is -0.159. The predicted octanol–water partition coefficient (Wildman–Crippen LogP) is 0.154. The van der Waals surface area contributed by atoms with Gasteiger partial charge < -0.3 is 15.3 Å². The summed E-state index contributed by atoms with van der Waals surface area (Å²) in [5.41, 5.74) is 6.11. The molecule has 1 rings (SSSR count). The van der Waals surface area contributed by atoms with E-state index in [4.69, 9.17) is 10.2 Å². The van der Waals surface area contributed by atoms with Crippen molar-refractivity contribution in [2.75, 3.05) is 6.54 Å². The maximum atomic E-state index is 9.19. The molecule has 1 unspecified atom stereocenters. The van der Waals surface area contributed by atoms with Crippen molar-refractivity contribution in [3.8, 4) is 0 Å². The van der Waals surface area contributed by atoms with Gasteiger partial charge in [0.15, 0.2) is 5.89 Å². The first-order chi connectivity index (χ1) is 5.63. The number of aryl methyl sites for hydroxylation is 2. The summed E-state index contributed by atoms with van der Waals surface area (Å²) in [7, 11) is 0. The first kappa shape index (κ1) is 9.22. The Morgan fingerprint density at radius 3 is 2.67 bits per heavy atom. The third-order valence-corrected chi connectivity index (χ3v) is 1.76. The quantitative estimate of drug-likeness (QED) is 0.677. The number of nitrogens with zero attached hydrogens (tertiary/aromatic N) is 1. The third-order valence-electron chi connectivity index (χ3n) is 1.76. The van der Waals surface area contributed by atoms with Crippen molar-refractivity contribution in [3.05, 3.63) is 17.3 Å². The summed E-state index contributed by atoms with van der Waals surface area (Å²) in [6, 6.07) is 0. The molecular formula is C8H14N2O2. The zero-order valence-corrected chi connectivity index (χ0v) is 7.37. The molecule has 0 saturated carbocycles. The topological polar surface area (TPSA) is 72.3 Å². The van der Waals surface area contributed by atoms with E-state index in [1.807, 2.05) is 13.8 Å². The molecule has 0 bridgehead atoms. The van der Waals surface area contributed by atoms with E-state index in [1.54, 1.807) is 0 Å². The molecule has 1 aromatic rings. The smallest absolute Gasteiger partial charge is 0.197 e. The molecule has 3 N–H and O–H groups in total. The summed E-state index contributed by atoms with van der Waals surface area (Å²) >= 11 is 0. The highest BCUT2D eigenvalue weighted by Gasteiger charge is 2.09. The molecule has 12 heavy (non-hydrogen) atoms. The van der Waals surface area contributed by atoms with Gasteiger partial charge in [0.25, 0.3) is 0 Å². The molecule has 4 heteroatoms. The van der Waals surface area contributed by atoms with Crippen LogP contribution in [0.25, 0.3) is 0 Å². The highest BCUT2D eigenvalue weighted by Crippen LogP contribution is 2.09. The summed E-state index contributed by atoms with van der Waals surface area (Å²) < 4.78 is 5.26. The van der Waals surface area contributed by atoms with Crippen molar-refractivity contribution >= 4 is 0 Å². The van der Waals surface area contributed by atoms with E-state index in [-0.39, 0.29) is 6.54 Å². The summed E-state index contributed by atoms with van der Waals surface area (Å²) in [6.45, 7) is 3.96. The second kappa shape index (κ2) is 3.69. The zero-order chi connectivity index (χ0) is 9.14. The maximum absolute atomic E-state index is 9.19. The number of aliphatic hydroxyl groups is 1. The first-order valence-electron chi connectivity index (χ1n) is 3.94. The molecule has 0 aliphatic rings. The van der Waals surface area contributed by atoms with Gasteiger partial charge in [0.1, 0.15) is 5.76 Å². The van der Waals surface area contributed by atoms with Crippen molar-refractivity contribution in [1.29, 1.82) is 0 Å². The van der Waals surface area contributed by atoms with Crippen LogP contribution >= 0.6 is 0 Å². The number of hydrogen-bond donors (Lipinski definition) is 2. The lowest BCUT2D eigenvalue weighted by Crippen LogP contribution is -2.22. The van der Waals surface area contributed by atoms with Gasteiger partial charge in [-0.15, -0.1) is 0 Å². The minimum atomic E-state index is -0.553. The number of oxazole rings is 1. The van der Waals surface area contributed by atoms with Gasteiger partial charge in [-0.05, 0) is 13.8 Å². The Morgan fingerprint density at radius 1 is 1.58 bits per heavy atom. The van der Waals surface area contributed by atoms with Crippen molar-refractivity contribution in [2.45, 2.75) is 26.4 Å². The molecule has 0 radical (unpaired) electrons. The molecule has 4 nitrogen and oxygen atoms in total. The van der Waals surface area contributed by atoms with Gasteiger partial charge in [0.05, 0.1) is 18.2 Å². The first-order valence-corrected chi connectivity index (χ1v) is 3.94. The minimum absolute atomic E-state index is 0.237. The van der Waals surface area contributed by atoms with Gasteiger partial charge in [0, 0.05) is 6.54 Å². The van der Waals surface area contributed by atoms with Gasteiger partial charge in [-0.2, -0.15) is 0 Å². The minimum Gasteiger partial charge on any atom is -0.446 e. The Kier molecular flexibility index (Phi) is 2.83. The van der Waals surface area contributed by atoms with Gasteiger partial charge in [0.2, 0.25) is 0 Å². The lowest BCUT2D eigenvalue weighted by molar-refractivity contribution is 0.173. The molecule has 0 aliphatic carbocycles. The molecule has 1 aromatic heterocycles. The molecule has 0 aromatic carbocycles. The lowest BCUT2D eigenvalue weighted by Gasteiger charge is -2.02. The number of aliphatic hydroxyl groups excluding tert-OH is 1. The van der Waals surface area contributed by atoms with Crippen molar-refractivity contribution in [2.24, 2.45) is 5.73 Å². The Hall–Kier alpha value is -0.870. The second-order valence-corrected chi connectivity index (χ2v) is 2.84. The van der Waals surface area contributed by atoms with Gasteiger partial charge >= 0.3 is 0 Å². The molecule has 0 aliphatic heterocycles. The molecular weight excluding hydrogens is 156 g/mol. The largest absolute Gasteiger partial charge is 0.446 e. The van der Waals surface area contributed by atoms with E-state index < -0.39 is 6.10 Å². The Labute approximate surface area is 71.4 Å². The van der Waals surface area contributed by atoms with Crippen LogP contribution in [0.2, 0.25) is 0 Å². The average Bonchev–Trinajstić information content (AvgIpc) is 2.31. The van der Waals surface area contributed by atoms with Crippen LogP contribution in [0, 0.1) is 13.8 Å². The van der Waals surface area contributed by atoms with Gasteiger partial charge in [-0.25, -0.2) is 4.98 Å². The Bertz CT molecular complexity index is 238. The molecule has 1 atom stereocenters. The van der Waals surface area contributed by atoms with Crippen LogP contribution in [0.1, 0.15) is 17.3 Å². The normalized spacial score (nSPS) is 13.3. The highest BCUT2D eigenvalue weighted by atomic mass is 16.4. The summed E-state index contributed by atoms with van der Waals surface area (Å²) in [4.78, 5) is 4.12. The van der Waals surface area contributed by atoms with Crippen LogP contribution < -0.4 is 5.73 Å². The fourth-order valence-electron chi connectivity index (χ4n) is 0.911. The molecule has 0 fully saturated rings. The van der Waals surface area contributed by atoms with Crippen LogP contribution in [0.5, 0.6) is 0 Å². The molecule has 0 spiro atoms. The van der Waals surface area contributed by atoms with Gasteiger partial charge in [-0.3, -0.25) is 0 Å². The molecule has 0 saturated heterocycles. The van der Waals surface area contributed by atoms with Crippen LogP contribution in [0.15, 0.2) is 4.42 Å². The Balaban J connectivity index is 2.64. The highest BCUT2D eigenvalue weighted by molar-refractivity contribution is 5.05. The average molecular weight is 170 g/mol. The number of nitrogens with two attached hydrogens (primary N) is 1. The van der Waals surface area contributed by atoms with Gasteiger partial charge in [-0.1, -0.05) is 0 Å². The van der Waals surface area contributed by atoms with Crippen molar-refractivity contribution in [1.82, 2.24) is 4.98 Å². The van der Waals surface area contributed by atoms with E-state index >= 15 is 0 Å². The van der Waals surface area contributed by atoms with Crippen LogP contribution in [-0.4, -0.2) is 22.7 Å². The van der Waals surface area contributed by atoms with E-state index in [0.29, 0.717) is 12.3 Å². The van der Waals surface area contributed by atoms with Crippen molar-refractivity contribution < 1.29 is 9.52 Å². The van der Waals surface area contributed by atoms with Crippen LogP contribution in [-0.2, 0) is 6.42 Å². The summed E-state index contributed by atoms with van der Waals surface area (Å²) in [5.74, 6) is 1.36. The zero-order valence-electron chi connectivity index (χ0n) is 7.37. The van der Waals surface area contributed by atoms with E-state index in [1.165, 1.54) is 0 Å². The van der Waals surface area contributed by atoms with E-state index in [9.17, 15) is 5.11 Å². The molecule has 0 amide bonds.